The number of rotatable bonds is 4. The van der Waals surface area contributed by atoms with E-state index in [0.29, 0.717) is 10.6 Å². The SMILES string of the molecule is CC1NC([N+](=O)[O-])C(Br)N1CC(=O)c1ccc(Cl)cc1. The van der Waals surface area contributed by atoms with Crippen molar-refractivity contribution in [1.82, 2.24) is 10.2 Å². The Balaban J connectivity index is 2.07. The van der Waals surface area contributed by atoms with E-state index >= 15 is 0 Å². The molecule has 0 bridgehead atoms. The summed E-state index contributed by atoms with van der Waals surface area (Å²) < 4.78 is 0. The summed E-state index contributed by atoms with van der Waals surface area (Å²) in [6.45, 7) is 1.88. The first-order valence-corrected chi connectivity index (χ1v) is 7.27. The molecule has 0 saturated carbocycles. The number of alkyl halides is 1. The molecule has 3 atom stereocenters. The second-order valence-corrected chi connectivity index (χ2v) is 5.92. The molecule has 0 spiro atoms. The molecule has 0 radical (unpaired) electrons. The standard InChI is InChI=1S/C12H13BrClN3O3/c1-7-15-12(17(19)20)11(13)16(7)6-10(18)8-2-4-9(14)5-3-8/h2-5,7,11-12,15H,6H2,1H3. The third-order valence-electron chi connectivity index (χ3n) is 3.21. The normalized spacial score (nSPS) is 26.6. The van der Waals surface area contributed by atoms with E-state index in [4.69, 9.17) is 11.6 Å². The van der Waals surface area contributed by atoms with E-state index in [-0.39, 0.29) is 18.5 Å². The third kappa shape index (κ3) is 3.17. The third-order valence-corrected chi connectivity index (χ3v) is 4.49. The molecule has 1 aromatic carbocycles. The Hall–Kier alpha value is -1.02. The van der Waals surface area contributed by atoms with Gasteiger partial charge >= 0.3 is 0 Å². The van der Waals surface area contributed by atoms with E-state index in [0.717, 1.165) is 0 Å². The first-order chi connectivity index (χ1) is 9.40. The minimum absolute atomic E-state index is 0.0933. The van der Waals surface area contributed by atoms with Gasteiger partial charge in [-0.3, -0.25) is 19.8 Å². The van der Waals surface area contributed by atoms with Crippen LogP contribution < -0.4 is 5.32 Å². The maximum absolute atomic E-state index is 12.2. The lowest BCUT2D eigenvalue weighted by Gasteiger charge is -2.21. The van der Waals surface area contributed by atoms with Crippen LogP contribution in [0.25, 0.3) is 0 Å². The second-order valence-electron chi connectivity index (χ2n) is 4.55. The maximum Gasteiger partial charge on any atom is 0.292 e. The van der Waals surface area contributed by atoms with Gasteiger partial charge in [-0.1, -0.05) is 27.5 Å². The number of nitrogens with zero attached hydrogens (tertiary/aromatic N) is 2. The van der Waals surface area contributed by atoms with Crippen molar-refractivity contribution in [2.24, 2.45) is 0 Å². The molecule has 0 amide bonds. The molecule has 1 aromatic rings. The average Bonchev–Trinajstić information content (AvgIpc) is 2.67. The quantitative estimate of drug-likeness (QED) is 0.292. The van der Waals surface area contributed by atoms with Crippen molar-refractivity contribution in [3.8, 4) is 0 Å². The van der Waals surface area contributed by atoms with Crippen LogP contribution in [0.4, 0.5) is 0 Å². The number of carbonyl (C=O) groups is 1. The first kappa shape index (κ1) is 15.4. The van der Waals surface area contributed by atoms with Gasteiger partial charge in [0, 0.05) is 15.5 Å². The van der Waals surface area contributed by atoms with Crippen LogP contribution in [0.15, 0.2) is 24.3 Å². The highest BCUT2D eigenvalue weighted by molar-refractivity contribution is 9.09. The van der Waals surface area contributed by atoms with Gasteiger partial charge in [0.15, 0.2) is 10.7 Å². The number of nitro groups is 1. The van der Waals surface area contributed by atoms with Gasteiger partial charge in [0.05, 0.1) is 12.7 Å². The van der Waals surface area contributed by atoms with Crippen LogP contribution in [0, 0.1) is 10.1 Å². The highest BCUT2D eigenvalue weighted by Gasteiger charge is 2.44. The Morgan fingerprint density at radius 3 is 2.60 bits per heavy atom. The summed E-state index contributed by atoms with van der Waals surface area (Å²) in [4.78, 5) is 23.8. The molecule has 1 saturated heterocycles. The molecule has 3 unspecified atom stereocenters. The molecule has 1 N–H and O–H groups in total. The zero-order valence-corrected chi connectivity index (χ0v) is 13.0. The van der Waals surface area contributed by atoms with Gasteiger partial charge in [0.2, 0.25) is 0 Å². The molecular formula is C12H13BrClN3O3. The highest BCUT2D eigenvalue weighted by atomic mass is 79.9. The predicted octanol–water partition coefficient (Wildman–Crippen LogP) is 2.10. The van der Waals surface area contributed by atoms with Gasteiger partial charge in [0.1, 0.15) is 0 Å². The minimum atomic E-state index is -0.928. The summed E-state index contributed by atoms with van der Waals surface area (Å²) in [5, 5.41) is 14.3. The molecule has 108 valence electrons. The van der Waals surface area contributed by atoms with Gasteiger partial charge in [-0.05, 0) is 31.2 Å². The van der Waals surface area contributed by atoms with Gasteiger partial charge in [-0.2, -0.15) is 0 Å². The number of hydrogen-bond acceptors (Lipinski definition) is 5. The fraction of sp³-hybridized carbons (Fsp3) is 0.417. The Morgan fingerprint density at radius 2 is 2.10 bits per heavy atom. The molecule has 2 rings (SSSR count). The average molecular weight is 363 g/mol. The molecule has 1 aliphatic heterocycles. The lowest BCUT2D eigenvalue weighted by atomic mass is 10.1. The number of hydrogen-bond donors (Lipinski definition) is 1. The van der Waals surface area contributed by atoms with E-state index < -0.39 is 16.0 Å². The molecule has 6 nitrogen and oxygen atoms in total. The van der Waals surface area contributed by atoms with Gasteiger partial charge in [-0.15, -0.1) is 0 Å². The number of Topliss-reactive ketones (excluding diaryl/α,β-unsaturated/α-hetero) is 1. The van der Waals surface area contributed by atoms with Crippen molar-refractivity contribution >= 4 is 33.3 Å². The molecule has 1 aliphatic rings. The van der Waals surface area contributed by atoms with Crippen molar-refractivity contribution in [1.29, 1.82) is 0 Å². The largest absolute Gasteiger partial charge is 0.293 e. The minimum Gasteiger partial charge on any atom is -0.293 e. The Morgan fingerprint density at radius 1 is 1.50 bits per heavy atom. The van der Waals surface area contributed by atoms with E-state index in [1.165, 1.54) is 0 Å². The number of nitrogens with one attached hydrogen (secondary N) is 1. The zero-order chi connectivity index (χ0) is 14.9. The summed E-state index contributed by atoms with van der Waals surface area (Å²) in [7, 11) is 0. The topological polar surface area (TPSA) is 75.5 Å². The monoisotopic (exact) mass is 361 g/mol. The molecule has 1 fully saturated rings. The van der Waals surface area contributed by atoms with Crippen LogP contribution in [0.3, 0.4) is 0 Å². The number of carbonyl (C=O) groups excluding carboxylic acids is 1. The van der Waals surface area contributed by atoms with Crippen molar-refractivity contribution in [3.05, 3.63) is 45.0 Å². The summed E-state index contributed by atoms with van der Waals surface area (Å²) >= 11 is 9.05. The van der Waals surface area contributed by atoms with Crippen LogP contribution in [-0.2, 0) is 0 Å². The molecular weight excluding hydrogens is 350 g/mol. The first-order valence-electron chi connectivity index (χ1n) is 5.98. The van der Waals surface area contributed by atoms with Crippen molar-refractivity contribution in [3.63, 3.8) is 0 Å². The number of halogens is 2. The van der Waals surface area contributed by atoms with Crippen molar-refractivity contribution in [2.75, 3.05) is 6.54 Å². The molecule has 8 heteroatoms. The summed E-state index contributed by atoms with van der Waals surface area (Å²) in [5.41, 5.74) is 0.533. The molecule has 1 heterocycles. The lowest BCUT2D eigenvalue weighted by Crippen LogP contribution is -2.39. The lowest BCUT2D eigenvalue weighted by molar-refractivity contribution is -0.525. The van der Waals surface area contributed by atoms with Crippen LogP contribution in [0.5, 0.6) is 0 Å². The number of ketones is 1. The summed E-state index contributed by atoms with van der Waals surface area (Å²) in [5.74, 6) is -0.108. The number of benzene rings is 1. The van der Waals surface area contributed by atoms with E-state index in [9.17, 15) is 14.9 Å². The van der Waals surface area contributed by atoms with Gasteiger partial charge < -0.3 is 0 Å². The summed E-state index contributed by atoms with van der Waals surface area (Å²) in [6, 6.07) is 6.58. The molecule has 20 heavy (non-hydrogen) atoms. The van der Waals surface area contributed by atoms with Crippen LogP contribution in [0.1, 0.15) is 17.3 Å². The smallest absolute Gasteiger partial charge is 0.292 e. The fourth-order valence-electron chi connectivity index (χ4n) is 2.10. The fourth-order valence-corrected chi connectivity index (χ4v) is 3.07. The summed E-state index contributed by atoms with van der Waals surface area (Å²) in [6.07, 6.45) is -1.19. The van der Waals surface area contributed by atoms with Crippen LogP contribution in [-0.4, -0.2) is 39.4 Å². The predicted molar refractivity (Wildman–Crippen MR) is 78.6 cm³/mol. The Bertz CT molecular complexity index is 525. The highest BCUT2D eigenvalue weighted by Crippen LogP contribution is 2.23. The molecule has 0 aromatic heterocycles. The van der Waals surface area contributed by atoms with E-state index in [1.807, 2.05) is 0 Å². The van der Waals surface area contributed by atoms with Crippen LogP contribution >= 0.6 is 27.5 Å². The maximum atomic E-state index is 12.2. The van der Waals surface area contributed by atoms with Gasteiger partial charge in [0.25, 0.3) is 6.17 Å². The van der Waals surface area contributed by atoms with Gasteiger partial charge in [-0.25, -0.2) is 5.32 Å². The van der Waals surface area contributed by atoms with Crippen molar-refractivity contribution in [2.45, 2.75) is 24.2 Å². The second kappa shape index (κ2) is 6.17. The van der Waals surface area contributed by atoms with Crippen molar-refractivity contribution < 1.29 is 9.72 Å². The Kier molecular flexibility index (Phi) is 4.74. The zero-order valence-electron chi connectivity index (χ0n) is 10.6. The Labute approximate surface area is 129 Å². The van der Waals surface area contributed by atoms with E-state index in [2.05, 4.69) is 21.2 Å². The van der Waals surface area contributed by atoms with Crippen LogP contribution in [0.2, 0.25) is 5.02 Å². The van der Waals surface area contributed by atoms with E-state index in [1.54, 1.807) is 36.1 Å². The molecule has 0 aliphatic carbocycles.